The zero-order chi connectivity index (χ0) is 21.5. The highest BCUT2D eigenvalue weighted by Crippen LogP contribution is 2.32. The third-order valence-electron chi connectivity index (χ3n) is 4.90. The molecular weight excluding hydrogens is 396 g/mol. The number of ether oxygens (including phenoxy) is 4. The number of aliphatic hydroxyl groups excluding tert-OH is 1. The van der Waals surface area contributed by atoms with E-state index in [0.717, 1.165) is 39.6 Å². The number of aromatic nitrogens is 1. The van der Waals surface area contributed by atoms with Gasteiger partial charge in [-0.15, -0.1) is 0 Å². The Morgan fingerprint density at radius 3 is 2.84 bits per heavy atom. The van der Waals surface area contributed by atoms with Gasteiger partial charge in [-0.25, -0.2) is 0 Å². The number of anilines is 1. The highest BCUT2D eigenvalue weighted by atomic mass is 16.6. The Morgan fingerprint density at radius 2 is 1.97 bits per heavy atom. The van der Waals surface area contributed by atoms with Crippen molar-refractivity contribution in [2.24, 2.45) is 0 Å². The summed E-state index contributed by atoms with van der Waals surface area (Å²) in [5.41, 5.74) is 1.73. The molecule has 1 aliphatic rings. The van der Waals surface area contributed by atoms with Gasteiger partial charge in [0.1, 0.15) is 31.3 Å². The summed E-state index contributed by atoms with van der Waals surface area (Å²) in [6, 6.07) is 13.2. The third-order valence-corrected chi connectivity index (χ3v) is 4.90. The fourth-order valence-electron chi connectivity index (χ4n) is 3.28. The lowest BCUT2D eigenvalue weighted by molar-refractivity contribution is 0.171. The van der Waals surface area contributed by atoms with Crippen LogP contribution in [0.15, 0.2) is 60.8 Å². The molecule has 0 saturated heterocycles. The first-order valence-electron chi connectivity index (χ1n) is 10.2. The second-order valence-corrected chi connectivity index (χ2v) is 7.10. The molecule has 4 rings (SSSR count). The van der Waals surface area contributed by atoms with Gasteiger partial charge in [-0.05, 0) is 42.8 Å². The zero-order valence-corrected chi connectivity index (χ0v) is 17.4. The van der Waals surface area contributed by atoms with Crippen molar-refractivity contribution in [3.05, 3.63) is 60.8 Å². The van der Waals surface area contributed by atoms with E-state index in [1.54, 1.807) is 13.3 Å². The number of aliphatic hydroxyl groups is 1. The van der Waals surface area contributed by atoms with E-state index in [9.17, 15) is 5.11 Å². The maximum absolute atomic E-state index is 10.2. The molecule has 1 atom stereocenters. The molecule has 0 radical (unpaired) electrons. The highest BCUT2D eigenvalue weighted by Gasteiger charge is 2.12. The van der Waals surface area contributed by atoms with Crippen LogP contribution in [0, 0.1) is 0 Å². The molecule has 0 amide bonds. The Hall–Kier alpha value is -3.45. The number of nitrogens with one attached hydrogen (secondary N) is 1. The maximum atomic E-state index is 10.2. The lowest BCUT2D eigenvalue weighted by Crippen LogP contribution is -2.19. The van der Waals surface area contributed by atoms with Crippen molar-refractivity contribution in [3.63, 3.8) is 0 Å². The molecule has 0 unspecified atom stereocenters. The van der Waals surface area contributed by atoms with Crippen LogP contribution < -0.4 is 24.3 Å². The monoisotopic (exact) mass is 422 g/mol. The average Bonchev–Trinajstić information content (AvgIpc) is 2.82. The summed E-state index contributed by atoms with van der Waals surface area (Å²) in [5, 5.41) is 14.4. The Kier molecular flexibility index (Phi) is 6.74. The van der Waals surface area contributed by atoms with Crippen LogP contribution in [0.4, 0.5) is 5.69 Å². The van der Waals surface area contributed by atoms with E-state index in [0.29, 0.717) is 32.8 Å². The smallest absolute Gasteiger partial charge is 0.163 e. The SMILES string of the molecule is COc1ccc2nccc(OCC=CC[C@@H](O)CNc3ccc4c(c3)OCCO4)c2c1. The summed E-state index contributed by atoms with van der Waals surface area (Å²) in [5.74, 6) is 2.98. The van der Waals surface area contributed by atoms with Crippen molar-refractivity contribution in [1.29, 1.82) is 0 Å². The number of hydrogen-bond donors (Lipinski definition) is 2. The van der Waals surface area contributed by atoms with Crippen LogP contribution in [-0.2, 0) is 0 Å². The van der Waals surface area contributed by atoms with Crippen LogP contribution in [-0.4, -0.2) is 49.7 Å². The van der Waals surface area contributed by atoms with Gasteiger partial charge >= 0.3 is 0 Å². The number of nitrogens with zero attached hydrogens (tertiary/aromatic N) is 1. The molecule has 7 nitrogen and oxygen atoms in total. The van der Waals surface area contributed by atoms with E-state index >= 15 is 0 Å². The van der Waals surface area contributed by atoms with Crippen molar-refractivity contribution < 1.29 is 24.1 Å². The molecule has 1 aromatic heterocycles. The number of fused-ring (bicyclic) bond motifs is 2. The van der Waals surface area contributed by atoms with Crippen LogP contribution in [0.1, 0.15) is 6.42 Å². The van der Waals surface area contributed by atoms with E-state index in [1.807, 2.05) is 54.6 Å². The van der Waals surface area contributed by atoms with Crippen LogP contribution >= 0.6 is 0 Å². The van der Waals surface area contributed by atoms with E-state index < -0.39 is 6.10 Å². The van der Waals surface area contributed by atoms with Crippen molar-refractivity contribution in [2.45, 2.75) is 12.5 Å². The van der Waals surface area contributed by atoms with Gasteiger partial charge in [0.25, 0.3) is 0 Å². The molecule has 162 valence electrons. The zero-order valence-electron chi connectivity index (χ0n) is 17.4. The lowest BCUT2D eigenvalue weighted by atomic mass is 10.2. The van der Waals surface area contributed by atoms with Gasteiger partial charge in [-0.1, -0.05) is 12.2 Å². The van der Waals surface area contributed by atoms with E-state index in [2.05, 4.69) is 10.3 Å². The van der Waals surface area contributed by atoms with Crippen molar-refractivity contribution in [2.75, 3.05) is 38.8 Å². The predicted molar refractivity (Wildman–Crippen MR) is 119 cm³/mol. The molecule has 0 aliphatic carbocycles. The molecule has 0 bridgehead atoms. The second kappa shape index (κ2) is 10.0. The van der Waals surface area contributed by atoms with Gasteiger partial charge in [0.2, 0.25) is 0 Å². The Morgan fingerprint density at radius 1 is 1.10 bits per heavy atom. The average molecular weight is 422 g/mol. The number of benzene rings is 2. The van der Waals surface area contributed by atoms with Crippen LogP contribution in [0.5, 0.6) is 23.0 Å². The molecule has 7 heteroatoms. The van der Waals surface area contributed by atoms with Crippen LogP contribution in [0.2, 0.25) is 0 Å². The number of hydrogen-bond acceptors (Lipinski definition) is 7. The molecule has 0 fully saturated rings. The van der Waals surface area contributed by atoms with Crippen molar-refractivity contribution >= 4 is 16.6 Å². The summed E-state index contributed by atoms with van der Waals surface area (Å²) >= 11 is 0. The van der Waals surface area contributed by atoms with Crippen molar-refractivity contribution in [1.82, 2.24) is 4.98 Å². The van der Waals surface area contributed by atoms with Gasteiger partial charge in [-0.2, -0.15) is 0 Å². The third kappa shape index (κ3) is 5.38. The number of methoxy groups -OCH3 is 1. The van der Waals surface area contributed by atoms with Gasteiger partial charge in [0.15, 0.2) is 11.5 Å². The number of pyridine rings is 1. The van der Waals surface area contributed by atoms with Gasteiger partial charge < -0.3 is 29.4 Å². The molecule has 0 spiro atoms. The summed E-state index contributed by atoms with van der Waals surface area (Å²) in [6.45, 7) is 1.95. The van der Waals surface area contributed by atoms with E-state index in [-0.39, 0.29) is 0 Å². The predicted octanol–water partition coefficient (Wildman–Crippen LogP) is 3.81. The summed E-state index contributed by atoms with van der Waals surface area (Å²) < 4.78 is 22.3. The largest absolute Gasteiger partial charge is 0.497 e. The summed E-state index contributed by atoms with van der Waals surface area (Å²) in [7, 11) is 1.63. The summed E-state index contributed by atoms with van der Waals surface area (Å²) in [6.07, 6.45) is 5.54. The van der Waals surface area contributed by atoms with Crippen LogP contribution in [0.25, 0.3) is 10.9 Å². The summed E-state index contributed by atoms with van der Waals surface area (Å²) in [4.78, 5) is 4.35. The Balaban J connectivity index is 1.23. The normalized spacial score (nSPS) is 13.9. The van der Waals surface area contributed by atoms with Gasteiger partial charge in [-0.3, -0.25) is 4.98 Å². The molecule has 2 aromatic carbocycles. The first kappa shape index (κ1) is 20.8. The minimum atomic E-state index is -0.518. The van der Waals surface area contributed by atoms with Gasteiger partial charge in [0.05, 0.1) is 18.7 Å². The van der Waals surface area contributed by atoms with E-state index in [4.69, 9.17) is 18.9 Å². The molecule has 2 N–H and O–H groups in total. The Labute approximate surface area is 181 Å². The van der Waals surface area contributed by atoms with Crippen molar-refractivity contribution in [3.8, 4) is 23.0 Å². The molecule has 31 heavy (non-hydrogen) atoms. The molecule has 2 heterocycles. The topological polar surface area (TPSA) is 82.1 Å². The van der Waals surface area contributed by atoms with E-state index in [1.165, 1.54) is 0 Å². The minimum Gasteiger partial charge on any atom is -0.497 e. The second-order valence-electron chi connectivity index (χ2n) is 7.10. The first-order chi connectivity index (χ1) is 15.2. The minimum absolute atomic E-state index is 0.401. The van der Waals surface area contributed by atoms with Gasteiger partial charge in [0, 0.05) is 29.9 Å². The maximum Gasteiger partial charge on any atom is 0.163 e. The molecular formula is C24H26N2O5. The fourth-order valence-corrected chi connectivity index (χ4v) is 3.28. The standard InChI is InChI=1S/C24H26N2O5/c1-28-19-6-7-21-20(15-19)22(9-10-25-21)29-11-3-2-4-18(27)16-26-17-5-8-23-24(14-17)31-13-12-30-23/h2-3,5-10,14-15,18,26-27H,4,11-13,16H2,1H3/t18-/m1/s1. The molecule has 3 aromatic rings. The van der Waals surface area contributed by atoms with Crippen LogP contribution in [0.3, 0.4) is 0 Å². The Bertz CT molecular complexity index is 1050. The number of rotatable bonds is 9. The first-order valence-corrected chi connectivity index (χ1v) is 10.2. The molecule has 0 saturated carbocycles. The fraction of sp³-hybridized carbons (Fsp3) is 0.292. The highest BCUT2D eigenvalue weighted by molar-refractivity contribution is 5.86. The quantitative estimate of drug-likeness (QED) is 0.508. The molecule has 1 aliphatic heterocycles. The lowest BCUT2D eigenvalue weighted by Gasteiger charge is -2.19.